The Labute approximate surface area is 77.2 Å². The van der Waals surface area contributed by atoms with E-state index in [1.807, 2.05) is 0 Å². The van der Waals surface area contributed by atoms with Crippen LogP contribution in [0.4, 0.5) is 0 Å². The summed E-state index contributed by atoms with van der Waals surface area (Å²) < 4.78 is 0. The first-order valence-electron chi connectivity index (χ1n) is 4.78. The molecule has 0 N–H and O–H groups in total. The van der Waals surface area contributed by atoms with E-state index in [-0.39, 0.29) is 5.41 Å². The Morgan fingerprint density at radius 3 is 2.69 bits per heavy atom. The SMILES string of the molecule is N#CC12CC(C1)C2C1CN=CC=N1. The van der Waals surface area contributed by atoms with E-state index >= 15 is 0 Å². The van der Waals surface area contributed by atoms with Crippen molar-refractivity contribution < 1.29 is 0 Å². The average molecular weight is 173 g/mol. The van der Waals surface area contributed by atoms with Crippen molar-refractivity contribution in [3.05, 3.63) is 0 Å². The highest BCUT2D eigenvalue weighted by atomic mass is 14.9. The van der Waals surface area contributed by atoms with Gasteiger partial charge in [-0.2, -0.15) is 5.26 Å². The van der Waals surface area contributed by atoms with E-state index in [4.69, 9.17) is 5.26 Å². The zero-order valence-corrected chi connectivity index (χ0v) is 7.35. The summed E-state index contributed by atoms with van der Waals surface area (Å²) in [7, 11) is 0. The Kier molecular flexibility index (Phi) is 1.23. The standard InChI is InChI=1S/C10H11N3/c11-6-10-3-7(4-10)9(10)8-5-12-1-2-13-8/h1-2,7-9H,3-5H2. The lowest BCUT2D eigenvalue weighted by atomic mass is 9.36. The molecular weight excluding hydrogens is 162 g/mol. The minimum Gasteiger partial charge on any atom is -0.289 e. The lowest BCUT2D eigenvalue weighted by Gasteiger charge is -2.66. The predicted molar refractivity (Wildman–Crippen MR) is 49.9 cm³/mol. The summed E-state index contributed by atoms with van der Waals surface area (Å²) in [4.78, 5) is 8.60. The second kappa shape index (κ2) is 2.20. The quantitative estimate of drug-likeness (QED) is 0.585. The molecule has 0 aromatic rings. The second-order valence-corrected chi connectivity index (χ2v) is 4.34. The van der Waals surface area contributed by atoms with Crippen molar-refractivity contribution in [3.8, 4) is 6.07 Å². The maximum Gasteiger partial charge on any atom is 0.0741 e. The molecule has 3 aliphatic carbocycles. The van der Waals surface area contributed by atoms with Gasteiger partial charge < -0.3 is 0 Å². The summed E-state index contributed by atoms with van der Waals surface area (Å²) in [5, 5.41) is 9.04. The smallest absolute Gasteiger partial charge is 0.0741 e. The van der Waals surface area contributed by atoms with Crippen LogP contribution in [0.25, 0.3) is 0 Å². The molecule has 0 spiro atoms. The molecule has 2 bridgehead atoms. The Morgan fingerprint density at radius 1 is 1.38 bits per heavy atom. The van der Waals surface area contributed by atoms with Gasteiger partial charge in [-0.1, -0.05) is 0 Å². The van der Waals surface area contributed by atoms with Crippen molar-refractivity contribution in [3.63, 3.8) is 0 Å². The van der Waals surface area contributed by atoms with Gasteiger partial charge in [0.25, 0.3) is 0 Å². The number of nitriles is 1. The van der Waals surface area contributed by atoms with Crippen molar-refractivity contribution in [2.24, 2.45) is 27.2 Å². The van der Waals surface area contributed by atoms with Crippen molar-refractivity contribution >= 4 is 12.4 Å². The minimum absolute atomic E-state index is 0.000463. The number of hydrogen-bond acceptors (Lipinski definition) is 3. The van der Waals surface area contributed by atoms with Gasteiger partial charge >= 0.3 is 0 Å². The molecule has 66 valence electrons. The van der Waals surface area contributed by atoms with Crippen LogP contribution in [-0.2, 0) is 0 Å². The average Bonchev–Trinajstić information content (AvgIpc) is 2.03. The molecule has 1 heterocycles. The highest BCUT2D eigenvalue weighted by molar-refractivity contribution is 6.16. The molecule has 0 amide bonds. The largest absolute Gasteiger partial charge is 0.289 e. The third-order valence-corrected chi connectivity index (χ3v) is 3.78. The fourth-order valence-electron chi connectivity index (χ4n) is 3.00. The Bertz CT molecular complexity index is 331. The van der Waals surface area contributed by atoms with Crippen LogP contribution in [0.15, 0.2) is 9.98 Å². The molecule has 13 heavy (non-hydrogen) atoms. The van der Waals surface area contributed by atoms with Crippen molar-refractivity contribution in [1.82, 2.24) is 0 Å². The number of nitrogens with zero attached hydrogens (tertiary/aromatic N) is 3. The molecule has 1 aliphatic heterocycles. The first-order valence-corrected chi connectivity index (χ1v) is 4.78. The summed E-state index contributed by atoms with van der Waals surface area (Å²) in [6, 6.07) is 2.77. The van der Waals surface area contributed by atoms with Gasteiger partial charge in [0, 0.05) is 18.3 Å². The van der Waals surface area contributed by atoms with E-state index in [1.54, 1.807) is 12.4 Å². The molecule has 0 aromatic carbocycles. The summed E-state index contributed by atoms with van der Waals surface area (Å²) in [6.45, 7) is 0.793. The van der Waals surface area contributed by atoms with Crippen LogP contribution in [-0.4, -0.2) is 25.0 Å². The molecule has 0 saturated heterocycles. The van der Waals surface area contributed by atoms with Gasteiger partial charge in [0.1, 0.15) is 0 Å². The van der Waals surface area contributed by atoms with Crippen LogP contribution in [0, 0.1) is 28.6 Å². The number of rotatable bonds is 1. The molecule has 4 rings (SSSR count). The maximum absolute atomic E-state index is 9.04. The van der Waals surface area contributed by atoms with Gasteiger partial charge in [0.15, 0.2) is 0 Å². The topological polar surface area (TPSA) is 48.5 Å². The fraction of sp³-hybridized carbons (Fsp3) is 0.700. The first-order chi connectivity index (χ1) is 6.36. The van der Waals surface area contributed by atoms with Crippen LogP contribution < -0.4 is 0 Å². The van der Waals surface area contributed by atoms with Crippen molar-refractivity contribution in [2.75, 3.05) is 6.54 Å². The lowest BCUT2D eigenvalue weighted by Crippen LogP contribution is -2.65. The second-order valence-electron chi connectivity index (χ2n) is 4.34. The third kappa shape index (κ3) is 0.738. The lowest BCUT2D eigenvalue weighted by molar-refractivity contribution is -0.154. The first kappa shape index (κ1) is 7.25. The highest BCUT2D eigenvalue weighted by Crippen LogP contribution is 2.69. The monoisotopic (exact) mass is 173 g/mol. The van der Waals surface area contributed by atoms with Gasteiger partial charge in [0.05, 0.1) is 24.1 Å². The van der Waals surface area contributed by atoms with Crippen molar-refractivity contribution in [2.45, 2.75) is 18.9 Å². The van der Waals surface area contributed by atoms with E-state index in [0.29, 0.717) is 12.0 Å². The Balaban J connectivity index is 1.79. The molecule has 3 saturated carbocycles. The summed E-state index contributed by atoms with van der Waals surface area (Å²) in [5.41, 5.74) is -0.000463. The van der Waals surface area contributed by atoms with Crippen LogP contribution >= 0.6 is 0 Å². The Morgan fingerprint density at radius 2 is 2.23 bits per heavy atom. The fourth-order valence-corrected chi connectivity index (χ4v) is 3.00. The molecule has 2 atom stereocenters. The maximum atomic E-state index is 9.04. The molecule has 4 aliphatic rings. The molecule has 0 aromatic heterocycles. The van der Waals surface area contributed by atoms with Gasteiger partial charge in [0.2, 0.25) is 0 Å². The molecule has 3 heteroatoms. The number of hydrogen-bond donors (Lipinski definition) is 0. The summed E-state index contributed by atoms with van der Waals surface area (Å²) >= 11 is 0. The van der Waals surface area contributed by atoms with Crippen LogP contribution in [0.1, 0.15) is 12.8 Å². The highest BCUT2D eigenvalue weighted by Gasteiger charge is 2.68. The molecule has 0 radical (unpaired) electrons. The van der Waals surface area contributed by atoms with Crippen LogP contribution in [0.5, 0.6) is 0 Å². The number of aliphatic imine (C=N–C) groups is 2. The van der Waals surface area contributed by atoms with Gasteiger partial charge in [-0.3, -0.25) is 9.98 Å². The molecule has 3 fully saturated rings. The molecular formula is C10H11N3. The third-order valence-electron chi connectivity index (χ3n) is 3.78. The van der Waals surface area contributed by atoms with E-state index in [9.17, 15) is 0 Å². The minimum atomic E-state index is -0.000463. The summed E-state index contributed by atoms with van der Waals surface area (Å²) in [5.74, 6) is 1.29. The van der Waals surface area contributed by atoms with Crippen LogP contribution in [0.3, 0.4) is 0 Å². The Hall–Kier alpha value is -1.17. The van der Waals surface area contributed by atoms with Crippen molar-refractivity contribution in [1.29, 1.82) is 5.26 Å². The predicted octanol–water partition coefficient (Wildman–Crippen LogP) is 1.06. The molecule has 3 nitrogen and oxygen atoms in total. The zero-order chi connectivity index (χ0) is 8.89. The van der Waals surface area contributed by atoms with E-state index in [2.05, 4.69) is 16.1 Å². The molecule has 2 unspecified atom stereocenters. The zero-order valence-electron chi connectivity index (χ0n) is 7.35. The van der Waals surface area contributed by atoms with E-state index in [1.165, 1.54) is 0 Å². The van der Waals surface area contributed by atoms with Gasteiger partial charge in [-0.25, -0.2) is 0 Å². The normalized spacial score (nSPS) is 50.5. The van der Waals surface area contributed by atoms with Gasteiger partial charge in [-0.15, -0.1) is 0 Å². The van der Waals surface area contributed by atoms with Gasteiger partial charge in [-0.05, 0) is 18.8 Å². The van der Waals surface area contributed by atoms with Crippen LogP contribution in [0.2, 0.25) is 0 Å². The van der Waals surface area contributed by atoms with E-state index in [0.717, 1.165) is 25.3 Å². The summed E-state index contributed by atoms with van der Waals surface area (Å²) in [6.07, 6.45) is 5.75. The van der Waals surface area contributed by atoms with E-state index < -0.39 is 0 Å².